The third-order valence-electron chi connectivity index (χ3n) is 3.27. The Labute approximate surface area is 93.9 Å². The summed E-state index contributed by atoms with van der Waals surface area (Å²) in [5.74, 6) is 0. The number of morpholine rings is 1. The molecule has 1 rings (SSSR count). The maximum atomic E-state index is 6.03. The zero-order chi connectivity index (χ0) is 11.1. The maximum absolute atomic E-state index is 6.03. The predicted molar refractivity (Wildman–Crippen MR) is 61.4 cm³/mol. The van der Waals surface area contributed by atoms with Gasteiger partial charge in [-0.05, 0) is 6.42 Å². The van der Waals surface area contributed by atoms with Crippen LogP contribution in [0.4, 0.5) is 0 Å². The van der Waals surface area contributed by atoms with Gasteiger partial charge in [-0.2, -0.15) is 4.65 Å². The van der Waals surface area contributed by atoms with Crippen molar-refractivity contribution in [3.8, 4) is 0 Å². The fraction of sp³-hybridized carbons (Fsp3) is 1.00. The van der Waals surface area contributed by atoms with Gasteiger partial charge in [-0.3, -0.25) is 0 Å². The molecule has 0 aromatic heterocycles. The van der Waals surface area contributed by atoms with Crippen LogP contribution in [0.25, 0.3) is 0 Å². The fourth-order valence-corrected chi connectivity index (χ4v) is 2.08. The zero-order valence-electron chi connectivity index (χ0n) is 10.5. The van der Waals surface area contributed by atoms with E-state index in [0.29, 0.717) is 6.04 Å². The Balaban J connectivity index is 2.43. The summed E-state index contributed by atoms with van der Waals surface area (Å²) in [5.41, 5.74) is 0. The van der Waals surface area contributed by atoms with Gasteiger partial charge in [0.15, 0.2) is 0 Å². The third kappa shape index (κ3) is 3.74. The van der Waals surface area contributed by atoms with Crippen molar-refractivity contribution in [2.45, 2.75) is 45.6 Å². The molecule has 15 heavy (non-hydrogen) atoms. The highest BCUT2D eigenvalue weighted by molar-refractivity contribution is 4.59. The van der Waals surface area contributed by atoms with E-state index in [4.69, 9.17) is 9.57 Å². The van der Waals surface area contributed by atoms with Gasteiger partial charge in [0.05, 0.1) is 13.7 Å². The van der Waals surface area contributed by atoms with Crippen LogP contribution in [0.15, 0.2) is 0 Å². The number of rotatable bonds is 6. The third-order valence-corrected chi connectivity index (χ3v) is 3.27. The average Bonchev–Trinajstić information content (AvgIpc) is 2.22. The second-order valence-electron chi connectivity index (χ2n) is 4.60. The van der Waals surface area contributed by atoms with Gasteiger partial charge >= 0.3 is 0 Å². The van der Waals surface area contributed by atoms with Gasteiger partial charge in [-0.1, -0.05) is 26.7 Å². The van der Waals surface area contributed by atoms with Crippen molar-refractivity contribution >= 4 is 0 Å². The molecule has 0 aliphatic carbocycles. The minimum Gasteiger partial charge on any atom is -0.369 e. The number of unbranched alkanes of at least 4 members (excludes halogenated alkanes) is 1. The van der Waals surface area contributed by atoms with Crippen molar-refractivity contribution in [3.63, 3.8) is 0 Å². The van der Waals surface area contributed by atoms with Crippen LogP contribution in [0.3, 0.4) is 0 Å². The molecule has 0 radical (unpaired) electrons. The van der Waals surface area contributed by atoms with Gasteiger partial charge in [-0.25, -0.2) is 4.84 Å². The Kier molecular flexibility index (Phi) is 5.58. The Morgan fingerprint density at radius 3 is 2.80 bits per heavy atom. The van der Waals surface area contributed by atoms with Crippen molar-refractivity contribution in [3.05, 3.63) is 0 Å². The molecule has 1 fully saturated rings. The van der Waals surface area contributed by atoms with Crippen LogP contribution in [-0.2, 0) is 9.57 Å². The van der Waals surface area contributed by atoms with Crippen molar-refractivity contribution in [2.75, 3.05) is 33.4 Å². The first-order chi connectivity index (χ1) is 7.23. The first-order valence-electron chi connectivity index (χ1n) is 6.30. The Morgan fingerprint density at radius 2 is 2.13 bits per heavy atom. The standard InChI is InChI=1S/C12H26NO2/c1-4-6-9-15-13(3)8-10-14-11-12(13)7-5-2/h12H,4-11H2,1-3H3/q+1. The van der Waals surface area contributed by atoms with Crippen molar-refractivity contribution in [2.24, 2.45) is 0 Å². The van der Waals surface area contributed by atoms with Crippen LogP contribution in [0, 0.1) is 0 Å². The van der Waals surface area contributed by atoms with Crippen LogP contribution in [0.1, 0.15) is 39.5 Å². The summed E-state index contributed by atoms with van der Waals surface area (Å²) in [6, 6.07) is 0.528. The van der Waals surface area contributed by atoms with Gasteiger partial charge in [-0.15, -0.1) is 0 Å². The SMILES string of the molecule is CCCCO[N+]1(C)CCOCC1CCC. The minimum atomic E-state index is 0.528. The topological polar surface area (TPSA) is 18.5 Å². The lowest BCUT2D eigenvalue weighted by Crippen LogP contribution is -2.58. The highest BCUT2D eigenvalue weighted by Crippen LogP contribution is 2.21. The number of hydrogen-bond donors (Lipinski definition) is 0. The van der Waals surface area contributed by atoms with Crippen molar-refractivity contribution < 1.29 is 14.2 Å². The van der Waals surface area contributed by atoms with Crippen LogP contribution in [0.5, 0.6) is 0 Å². The van der Waals surface area contributed by atoms with Gasteiger partial charge < -0.3 is 4.74 Å². The molecule has 0 N–H and O–H groups in total. The first kappa shape index (κ1) is 12.9. The van der Waals surface area contributed by atoms with Gasteiger partial charge in [0, 0.05) is 6.42 Å². The van der Waals surface area contributed by atoms with Crippen LogP contribution < -0.4 is 0 Å². The first-order valence-corrected chi connectivity index (χ1v) is 6.30. The Hall–Kier alpha value is -0.120. The smallest absolute Gasteiger partial charge is 0.142 e. The van der Waals surface area contributed by atoms with E-state index in [2.05, 4.69) is 20.9 Å². The summed E-state index contributed by atoms with van der Waals surface area (Å²) in [6.45, 7) is 8.00. The molecular formula is C12H26NO2+. The Morgan fingerprint density at radius 1 is 1.33 bits per heavy atom. The van der Waals surface area contributed by atoms with Gasteiger partial charge in [0.2, 0.25) is 0 Å². The van der Waals surface area contributed by atoms with Crippen molar-refractivity contribution in [1.82, 2.24) is 0 Å². The minimum absolute atomic E-state index is 0.528. The monoisotopic (exact) mass is 216 g/mol. The quantitative estimate of drug-likeness (QED) is 0.501. The molecule has 0 amide bonds. The van der Waals surface area contributed by atoms with E-state index in [0.717, 1.165) is 37.4 Å². The van der Waals surface area contributed by atoms with Crippen LogP contribution in [0.2, 0.25) is 0 Å². The van der Waals surface area contributed by atoms with Gasteiger partial charge in [0.25, 0.3) is 0 Å². The molecule has 0 spiro atoms. The second-order valence-corrected chi connectivity index (χ2v) is 4.60. The highest BCUT2D eigenvalue weighted by Gasteiger charge is 2.37. The van der Waals surface area contributed by atoms with Crippen molar-refractivity contribution in [1.29, 1.82) is 0 Å². The molecule has 1 aliphatic heterocycles. The zero-order valence-corrected chi connectivity index (χ0v) is 10.5. The van der Waals surface area contributed by atoms with E-state index in [1.165, 1.54) is 19.3 Å². The molecule has 2 atom stereocenters. The average molecular weight is 216 g/mol. The Bertz CT molecular complexity index is 173. The maximum Gasteiger partial charge on any atom is 0.142 e. The predicted octanol–water partition coefficient (Wildman–Crippen LogP) is 2.36. The van der Waals surface area contributed by atoms with E-state index in [9.17, 15) is 0 Å². The molecule has 1 saturated heterocycles. The lowest BCUT2D eigenvalue weighted by atomic mass is 10.1. The fourth-order valence-electron chi connectivity index (χ4n) is 2.08. The van der Waals surface area contributed by atoms with E-state index in [1.807, 2.05) is 0 Å². The number of hydrogen-bond acceptors (Lipinski definition) is 2. The molecule has 0 aromatic rings. The molecule has 3 heteroatoms. The molecule has 90 valence electrons. The number of ether oxygens (including phenoxy) is 1. The van der Waals surface area contributed by atoms with E-state index < -0.39 is 0 Å². The van der Waals surface area contributed by atoms with Crippen LogP contribution in [-0.4, -0.2) is 44.1 Å². The second kappa shape index (κ2) is 6.46. The highest BCUT2D eigenvalue weighted by atomic mass is 16.7. The summed E-state index contributed by atoms with van der Waals surface area (Å²) in [4.78, 5) is 6.03. The molecule has 1 heterocycles. The summed E-state index contributed by atoms with van der Waals surface area (Å²) < 4.78 is 6.30. The molecular weight excluding hydrogens is 190 g/mol. The number of quaternary nitrogens is 1. The summed E-state index contributed by atoms with van der Waals surface area (Å²) in [6.07, 6.45) is 4.77. The lowest BCUT2D eigenvalue weighted by Gasteiger charge is -2.41. The van der Waals surface area contributed by atoms with Crippen LogP contribution >= 0.6 is 0 Å². The number of likely N-dealkylation sites (N-methyl/N-ethyl adjacent to an activating group) is 1. The number of hydroxylamine groups is 3. The molecule has 0 bridgehead atoms. The molecule has 3 nitrogen and oxygen atoms in total. The number of nitrogens with zero attached hydrogens (tertiary/aromatic N) is 1. The van der Waals surface area contributed by atoms with E-state index in [1.54, 1.807) is 0 Å². The summed E-state index contributed by atoms with van der Waals surface area (Å²) in [7, 11) is 2.21. The lowest BCUT2D eigenvalue weighted by molar-refractivity contribution is -1.11. The summed E-state index contributed by atoms with van der Waals surface area (Å²) in [5, 5.41) is 0. The van der Waals surface area contributed by atoms with Gasteiger partial charge in [0.1, 0.15) is 25.8 Å². The molecule has 1 aliphatic rings. The normalized spacial score (nSPS) is 31.8. The van der Waals surface area contributed by atoms with E-state index >= 15 is 0 Å². The molecule has 0 saturated carbocycles. The molecule has 2 unspecified atom stereocenters. The largest absolute Gasteiger partial charge is 0.369 e. The molecule has 0 aromatic carbocycles. The summed E-state index contributed by atoms with van der Waals surface area (Å²) >= 11 is 0. The van der Waals surface area contributed by atoms with E-state index in [-0.39, 0.29) is 0 Å².